The van der Waals surface area contributed by atoms with Crippen LogP contribution in [0.3, 0.4) is 0 Å². The van der Waals surface area contributed by atoms with Crippen LogP contribution in [0, 0.1) is 5.82 Å². The van der Waals surface area contributed by atoms with Gasteiger partial charge in [0.2, 0.25) is 5.91 Å². The van der Waals surface area contributed by atoms with Gasteiger partial charge in [-0.05, 0) is 12.1 Å². The van der Waals surface area contributed by atoms with E-state index in [2.05, 4.69) is 10.6 Å². The number of amides is 2. The molecule has 6 nitrogen and oxygen atoms in total. The summed E-state index contributed by atoms with van der Waals surface area (Å²) in [6.07, 6.45) is 0. The molecule has 2 rings (SSSR count). The van der Waals surface area contributed by atoms with E-state index in [1.54, 1.807) is 0 Å². The molecule has 1 saturated heterocycles. The molecule has 2 amide bonds. The number of anilines is 1. The van der Waals surface area contributed by atoms with E-state index in [4.69, 9.17) is 5.11 Å². The van der Waals surface area contributed by atoms with Gasteiger partial charge in [0.15, 0.2) is 0 Å². The van der Waals surface area contributed by atoms with Gasteiger partial charge in [-0.3, -0.25) is 9.59 Å². The Morgan fingerprint density at radius 1 is 1.47 bits per heavy atom. The van der Waals surface area contributed by atoms with E-state index in [0.29, 0.717) is 0 Å². The Labute approximate surface area is 111 Å². The molecule has 8 heteroatoms. The van der Waals surface area contributed by atoms with Crippen LogP contribution in [0.1, 0.15) is 10.4 Å². The molecule has 0 bridgehead atoms. The van der Waals surface area contributed by atoms with E-state index in [0.717, 1.165) is 17.8 Å². The van der Waals surface area contributed by atoms with Crippen molar-refractivity contribution < 1.29 is 23.9 Å². The summed E-state index contributed by atoms with van der Waals surface area (Å²) >= 11 is 0.938. The van der Waals surface area contributed by atoms with Gasteiger partial charge in [0.05, 0.1) is 11.3 Å². The Bertz CT molecular complexity index is 564. The quantitative estimate of drug-likeness (QED) is 0.777. The molecule has 1 atom stereocenters. The molecule has 1 fully saturated rings. The molecule has 1 aromatic carbocycles. The van der Waals surface area contributed by atoms with Gasteiger partial charge in [0, 0.05) is 5.75 Å². The zero-order valence-corrected chi connectivity index (χ0v) is 10.3. The van der Waals surface area contributed by atoms with Crippen molar-refractivity contribution in [3.8, 4) is 0 Å². The lowest BCUT2D eigenvalue weighted by molar-refractivity contribution is -0.117. The molecule has 100 valence electrons. The lowest BCUT2D eigenvalue weighted by Crippen LogP contribution is -2.39. The monoisotopic (exact) mass is 284 g/mol. The summed E-state index contributed by atoms with van der Waals surface area (Å²) in [5, 5.41) is 13.2. The SMILES string of the molecule is O=C1NC(C(=O)Nc2c(F)cccc2C(=O)O)CS1. The van der Waals surface area contributed by atoms with E-state index in [1.165, 1.54) is 12.1 Å². The predicted molar refractivity (Wildman–Crippen MR) is 66.8 cm³/mol. The van der Waals surface area contributed by atoms with E-state index in [-0.39, 0.29) is 16.6 Å². The highest BCUT2D eigenvalue weighted by Crippen LogP contribution is 2.21. The summed E-state index contributed by atoms with van der Waals surface area (Å²) in [5.41, 5.74) is -0.739. The molecule has 3 N–H and O–H groups in total. The second-order valence-electron chi connectivity index (χ2n) is 3.75. The number of carbonyl (C=O) groups is 3. The first-order valence-electron chi connectivity index (χ1n) is 5.25. The topological polar surface area (TPSA) is 95.5 Å². The number of benzene rings is 1. The average molecular weight is 284 g/mol. The molecule has 0 aromatic heterocycles. The van der Waals surface area contributed by atoms with Gasteiger partial charge >= 0.3 is 5.97 Å². The number of para-hydroxylation sites is 1. The van der Waals surface area contributed by atoms with Crippen LogP contribution in [-0.2, 0) is 4.79 Å². The third-order valence-corrected chi connectivity index (χ3v) is 3.36. The highest BCUT2D eigenvalue weighted by atomic mass is 32.2. The summed E-state index contributed by atoms with van der Waals surface area (Å²) in [4.78, 5) is 33.7. The predicted octanol–water partition coefficient (Wildman–Crippen LogP) is 1.29. The number of carbonyl (C=O) groups excluding carboxylic acids is 2. The maximum Gasteiger partial charge on any atom is 0.337 e. The number of carboxylic acids is 1. The van der Waals surface area contributed by atoms with Gasteiger partial charge in [-0.1, -0.05) is 17.8 Å². The van der Waals surface area contributed by atoms with Gasteiger partial charge < -0.3 is 15.7 Å². The van der Waals surface area contributed by atoms with Gasteiger partial charge in [0.1, 0.15) is 11.9 Å². The second kappa shape index (κ2) is 5.27. The molecule has 0 radical (unpaired) electrons. The number of aromatic carboxylic acids is 1. The van der Waals surface area contributed by atoms with Crippen molar-refractivity contribution in [2.45, 2.75) is 6.04 Å². The van der Waals surface area contributed by atoms with Crippen LogP contribution < -0.4 is 10.6 Å². The summed E-state index contributed by atoms with van der Waals surface area (Å²) in [7, 11) is 0. The van der Waals surface area contributed by atoms with Crippen molar-refractivity contribution in [2.24, 2.45) is 0 Å². The first kappa shape index (κ1) is 13.3. The van der Waals surface area contributed by atoms with Crippen molar-refractivity contribution in [3.05, 3.63) is 29.6 Å². The third kappa shape index (κ3) is 2.84. The summed E-state index contributed by atoms with van der Waals surface area (Å²) in [5.74, 6) is -2.61. The lowest BCUT2D eigenvalue weighted by Gasteiger charge is -2.12. The van der Waals surface area contributed by atoms with Gasteiger partial charge in [0.25, 0.3) is 5.24 Å². The Hall–Kier alpha value is -2.09. The van der Waals surface area contributed by atoms with Crippen LogP contribution in [0.15, 0.2) is 18.2 Å². The largest absolute Gasteiger partial charge is 0.478 e. The minimum absolute atomic E-state index is 0.224. The molecule has 1 aliphatic rings. The maximum atomic E-state index is 13.6. The van der Waals surface area contributed by atoms with E-state index in [9.17, 15) is 18.8 Å². The number of hydrogen-bond donors (Lipinski definition) is 3. The van der Waals surface area contributed by atoms with Crippen LogP contribution in [-0.4, -0.2) is 34.0 Å². The van der Waals surface area contributed by atoms with Crippen LogP contribution in [0.4, 0.5) is 14.9 Å². The lowest BCUT2D eigenvalue weighted by atomic mass is 10.1. The Kier molecular flexibility index (Phi) is 3.70. The normalized spacial score (nSPS) is 17.9. The molecular formula is C11H9FN2O4S. The van der Waals surface area contributed by atoms with E-state index >= 15 is 0 Å². The molecule has 1 heterocycles. The standard InChI is InChI=1S/C11H9FN2O4S/c12-6-3-1-2-5(10(16)17)8(6)14-9(15)7-4-19-11(18)13-7/h1-3,7H,4H2,(H,13,18)(H,14,15)(H,16,17). The zero-order chi connectivity index (χ0) is 14.0. The second-order valence-corrected chi connectivity index (χ2v) is 4.74. The molecule has 19 heavy (non-hydrogen) atoms. The van der Waals surface area contributed by atoms with Gasteiger partial charge in [-0.25, -0.2) is 9.18 Å². The van der Waals surface area contributed by atoms with Crippen molar-refractivity contribution in [2.75, 3.05) is 11.1 Å². The number of thioether (sulfide) groups is 1. The molecule has 1 aliphatic heterocycles. The van der Waals surface area contributed by atoms with Crippen LogP contribution in [0.25, 0.3) is 0 Å². The van der Waals surface area contributed by atoms with Crippen LogP contribution in [0.2, 0.25) is 0 Å². The van der Waals surface area contributed by atoms with Crippen LogP contribution >= 0.6 is 11.8 Å². The van der Waals surface area contributed by atoms with E-state index in [1.807, 2.05) is 0 Å². The Morgan fingerprint density at radius 3 is 2.79 bits per heavy atom. The van der Waals surface area contributed by atoms with Crippen molar-refractivity contribution in [3.63, 3.8) is 0 Å². The molecule has 1 aromatic rings. The fourth-order valence-electron chi connectivity index (χ4n) is 1.57. The van der Waals surface area contributed by atoms with Crippen molar-refractivity contribution in [1.29, 1.82) is 0 Å². The first-order valence-corrected chi connectivity index (χ1v) is 6.23. The Morgan fingerprint density at radius 2 is 2.21 bits per heavy atom. The highest BCUT2D eigenvalue weighted by molar-refractivity contribution is 8.14. The average Bonchev–Trinajstić information content (AvgIpc) is 2.78. The number of carboxylic acid groups (broad SMARTS) is 1. The fraction of sp³-hybridized carbons (Fsp3) is 0.182. The minimum Gasteiger partial charge on any atom is -0.478 e. The van der Waals surface area contributed by atoms with Gasteiger partial charge in [-0.2, -0.15) is 0 Å². The number of hydrogen-bond acceptors (Lipinski definition) is 4. The van der Waals surface area contributed by atoms with Crippen molar-refractivity contribution in [1.82, 2.24) is 5.32 Å². The maximum absolute atomic E-state index is 13.6. The molecule has 0 aliphatic carbocycles. The molecule has 0 spiro atoms. The van der Waals surface area contributed by atoms with Crippen molar-refractivity contribution >= 4 is 34.6 Å². The summed E-state index contributed by atoms with van der Waals surface area (Å²) < 4.78 is 13.6. The fourth-order valence-corrected chi connectivity index (χ4v) is 2.34. The number of halogens is 1. The third-order valence-electron chi connectivity index (χ3n) is 2.48. The summed E-state index contributed by atoms with van der Waals surface area (Å²) in [6, 6.07) is 2.67. The first-order chi connectivity index (χ1) is 8.99. The van der Waals surface area contributed by atoms with E-state index < -0.39 is 29.4 Å². The van der Waals surface area contributed by atoms with Crippen LogP contribution in [0.5, 0.6) is 0 Å². The minimum atomic E-state index is -1.35. The Balaban J connectivity index is 2.21. The zero-order valence-electron chi connectivity index (χ0n) is 9.47. The smallest absolute Gasteiger partial charge is 0.337 e. The number of nitrogens with one attached hydrogen (secondary N) is 2. The summed E-state index contributed by atoms with van der Waals surface area (Å²) in [6.45, 7) is 0. The van der Waals surface area contributed by atoms with Gasteiger partial charge in [-0.15, -0.1) is 0 Å². The highest BCUT2D eigenvalue weighted by Gasteiger charge is 2.29. The molecular weight excluding hydrogens is 275 g/mol. The number of rotatable bonds is 3. The molecule has 1 unspecified atom stereocenters. The molecule has 0 saturated carbocycles.